The first-order valence-electron chi connectivity index (χ1n) is 12.1. The van der Waals surface area contributed by atoms with E-state index in [1.807, 2.05) is 0 Å². The standard InChI is InChI=1S/C29H24BrClN4O5S/c30-22-6-4-9-25(16-22)35(41(38,39)27-10-2-1-3-11-27)19-28(36)34-32-18-21-12-14-26(15-13-21)40-20-29(37)33-24-8-5-7-23(31)17-24/h1-18H,19-20H2,(H,33,37)(H,34,36)/b32-18-. The van der Waals surface area contributed by atoms with Crippen molar-refractivity contribution in [2.24, 2.45) is 5.10 Å². The van der Waals surface area contributed by atoms with Crippen molar-refractivity contribution in [3.05, 3.63) is 118 Å². The van der Waals surface area contributed by atoms with Crippen molar-refractivity contribution in [1.29, 1.82) is 0 Å². The number of halogens is 2. The Morgan fingerprint density at radius 3 is 2.34 bits per heavy atom. The van der Waals surface area contributed by atoms with Crippen LogP contribution in [0.2, 0.25) is 5.02 Å². The van der Waals surface area contributed by atoms with Crippen LogP contribution in [0.1, 0.15) is 5.56 Å². The van der Waals surface area contributed by atoms with Gasteiger partial charge in [0.2, 0.25) is 0 Å². The van der Waals surface area contributed by atoms with E-state index in [2.05, 4.69) is 31.8 Å². The van der Waals surface area contributed by atoms with Crippen LogP contribution in [0.25, 0.3) is 0 Å². The highest BCUT2D eigenvalue weighted by atomic mass is 79.9. The van der Waals surface area contributed by atoms with Crippen molar-refractivity contribution >= 4 is 67.0 Å². The van der Waals surface area contributed by atoms with Gasteiger partial charge in [0, 0.05) is 15.2 Å². The van der Waals surface area contributed by atoms with Crippen LogP contribution in [-0.2, 0) is 19.6 Å². The molecule has 0 saturated heterocycles. The van der Waals surface area contributed by atoms with E-state index in [0.29, 0.717) is 32.2 Å². The van der Waals surface area contributed by atoms with E-state index in [4.69, 9.17) is 16.3 Å². The molecule has 4 rings (SSSR count). The van der Waals surface area contributed by atoms with Gasteiger partial charge in [-0.15, -0.1) is 0 Å². The summed E-state index contributed by atoms with van der Waals surface area (Å²) in [6.07, 6.45) is 1.41. The molecular formula is C29H24BrClN4O5S. The van der Waals surface area contributed by atoms with Gasteiger partial charge in [0.25, 0.3) is 21.8 Å². The lowest BCUT2D eigenvalue weighted by molar-refractivity contribution is -0.119. The maximum Gasteiger partial charge on any atom is 0.264 e. The average molecular weight is 656 g/mol. The van der Waals surface area contributed by atoms with E-state index in [9.17, 15) is 18.0 Å². The Balaban J connectivity index is 1.34. The molecule has 0 unspecified atom stereocenters. The molecule has 210 valence electrons. The first-order chi connectivity index (χ1) is 19.7. The molecule has 0 bridgehead atoms. The second-order valence-corrected chi connectivity index (χ2v) is 11.7. The number of benzene rings is 4. The molecule has 4 aromatic carbocycles. The zero-order valence-corrected chi connectivity index (χ0v) is 24.6. The van der Waals surface area contributed by atoms with Crippen LogP contribution in [0.3, 0.4) is 0 Å². The van der Waals surface area contributed by atoms with Gasteiger partial charge in [0.1, 0.15) is 12.3 Å². The molecule has 9 nitrogen and oxygen atoms in total. The normalized spacial score (nSPS) is 11.2. The van der Waals surface area contributed by atoms with Crippen molar-refractivity contribution in [2.45, 2.75) is 4.90 Å². The Kier molecular flexibility index (Phi) is 10.1. The van der Waals surface area contributed by atoms with Crippen molar-refractivity contribution in [1.82, 2.24) is 5.43 Å². The molecule has 0 atom stereocenters. The number of amides is 2. The minimum Gasteiger partial charge on any atom is -0.484 e. The zero-order chi connectivity index (χ0) is 29.2. The molecule has 0 aliphatic rings. The molecule has 0 aromatic heterocycles. The Morgan fingerprint density at radius 2 is 1.63 bits per heavy atom. The highest BCUT2D eigenvalue weighted by Gasteiger charge is 2.27. The van der Waals surface area contributed by atoms with Crippen LogP contribution in [0.5, 0.6) is 5.75 Å². The summed E-state index contributed by atoms with van der Waals surface area (Å²) in [6.45, 7) is -0.689. The Hall–Kier alpha value is -4.19. The molecule has 0 fully saturated rings. The van der Waals surface area contributed by atoms with Gasteiger partial charge in [0.05, 0.1) is 16.8 Å². The SMILES string of the molecule is O=C(CN(c1cccc(Br)c1)S(=O)(=O)c1ccccc1)N/N=C\c1ccc(OCC(=O)Nc2cccc(Cl)c2)cc1. The number of hydrazone groups is 1. The maximum absolute atomic E-state index is 13.4. The summed E-state index contributed by atoms with van der Waals surface area (Å²) in [5.74, 6) is -0.513. The summed E-state index contributed by atoms with van der Waals surface area (Å²) < 4.78 is 33.9. The predicted molar refractivity (Wildman–Crippen MR) is 163 cm³/mol. The van der Waals surface area contributed by atoms with Gasteiger partial charge in [-0.3, -0.25) is 13.9 Å². The van der Waals surface area contributed by atoms with E-state index >= 15 is 0 Å². The number of anilines is 2. The fourth-order valence-corrected chi connectivity index (χ4v) is 5.58. The molecule has 0 aliphatic carbocycles. The summed E-state index contributed by atoms with van der Waals surface area (Å²) in [6, 6.07) is 28.0. The second-order valence-electron chi connectivity index (χ2n) is 8.51. The van der Waals surface area contributed by atoms with Gasteiger partial charge in [-0.2, -0.15) is 5.10 Å². The lowest BCUT2D eigenvalue weighted by atomic mass is 10.2. The molecule has 2 amide bonds. The van der Waals surface area contributed by atoms with Gasteiger partial charge in [-0.25, -0.2) is 13.8 Å². The highest BCUT2D eigenvalue weighted by Crippen LogP contribution is 2.26. The number of nitrogens with zero attached hydrogens (tertiary/aromatic N) is 2. The Labute approximate surface area is 251 Å². The zero-order valence-electron chi connectivity index (χ0n) is 21.4. The average Bonchev–Trinajstić information content (AvgIpc) is 2.96. The first-order valence-corrected chi connectivity index (χ1v) is 14.8. The third-order valence-corrected chi connectivity index (χ3v) is 7.99. The van der Waals surface area contributed by atoms with Crippen LogP contribution in [0, 0.1) is 0 Å². The third-order valence-electron chi connectivity index (χ3n) is 5.48. The van der Waals surface area contributed by atoms with E-state index < -0.39 is 22.5 Å². The fraction of sp³-hybridized carbons (Fsp3) is 0.0690. The van der Waals surface area contributed by atoms with Gasteiger partial charge in [0.15, 0.2) is 6.61 Å². The van der Waals surface area contributed by atoms with E-state index in [1.54, 1.807) is 91.0 Å². The van der Waals surface area contributed by atoms with Crippen LogP contribution in [0.15, 0.2) is 118 Å². The van der Waals surface area contributed by atoms with Crippen LogP contribution in [0.4, 0.5) is 11.4 Å². The summed E-state index contributed by atoms with van der Waals surface area (Å²) >= 11 is 9.27. The molecule has 12 heteroatoms. The van der Waals surface area contributed by atoms with Crippen molar-refractivity contribution in [2.75, 3.05) is 22.8 Å². The molecular weight excluding hydrogens is 632 g/mol. The molecule has 2 N–H and O–H groups in total. The molecule has 0 heterocycles. The number of carbonyl (C=O) groups is 2. The highest BCUT2D eigenvalue weighted by molar-refractivity contribution is 9.10. The predicted octanol–water partition coefficient (Wildman–Crippen LogP) is 5.47. The number of ether oxygens (including phenoxy) is 1. The van der Waals surface area contributed by atoms with Crippen LogP contribution >= 0.6 is 27.5 Å². The van der Waals surface area contributed by atoms with Gasteiger partial charge >= 0.3 is 0 Å². The van der Waals surface area contributed by atoms with Gasteiger partial charge in [-0.05, 0) is 78.4 Å². The lowest BCUT2D eigenvalue weighted by Gasteiger charge is -2.23. The number of carbonyl (C=O) groups excluding carboxylic acids is 2. The summed E-state index contributed by atoms with van der Waals surface area (Å²) in [5.41, 5.74) is 3.90. The topological polar surface area (TPSA) is 117 Å². The summed E-state index contributed by atoms with van der Waals surface area (Å²) in [5, 5.41) is 7.15. The number of nitrogens with one attached hydrogen (secondary N) is 2. The molecule has 0 aliphatic heterocycles. The largest absolute Gasteiger partial charge is 0.484 e. The molecule has 0 saturated carbocycles. The maximum atomic E-state index is 13.4. The smallest absolute Gasteiger partial charge is 0.264 e. The van der Waals surface area contributed by atoms with E-state index in [-0.39, 0.29) is 17.4 Å². The number of rotatable bonds is 11. The summed E-state index contributed by atoms with van der Waals surface area (Å²) in [7, 11) is -4.03. The fourth-order valence-electron chi connectivity index (χ4n) is 3.57. The summed E-state index contributed by atoms with van der Waals surface area (Å²) in [4.78, 5) is 24.9. The van der Waals surface area contributed by atoms with Crippen molar-refractivity contribution in [3.8, 4) is 5.75 Å². The van der Waals surface area contributed by atoms with Crippen molar-refractivity contribution in [3.63, 3.8) is 0 Å². The lowest BCUT2D eigenvalue weighted by Crippen LogP contribution is -2.39. The quantitative estimate of drug-likeness (QED) is 0.164. The van der Waals surface area contributed by atoms with Crippen molar-refractivity contribution < 1.29 is 22.7 Å². The van der Waals surface area contributed by atoms with Crippen LogP contribution < -0.4 is 19.8 Å². The monoisotopic (exact) mass is 654 g/mol. The molecule has 41 heavy (non-hydrogen) atoms. The Bertz CT molecular complexity index is 1650. The Morgan fingerprint density at radius 1 is 0.902 bits per heavy atom. The first kappa shape index (κ1) is 29.8. The third kappa shape index (κ3) is 8.65. The molecule has 4 aromatic rings. The minimum absolute atomic E-state index is 0.0560. The van der Waals surface area contributed by atoms with E-state index in [0.717, 1.165) is 4.31 Å². The second kappa shape index (κ2) is 13.9. The van der Waals surface area contributed by atoms with E-state index in [1.165, 1.54) is 18.3 Å². The number of hydrogen-bond donors (Lipinski definition) is 2. The van der Waals surface area contributed by atoms with Gasteiger partial charge < -0.3 is 10.1 Å². The van der Waals surface area contributed by atoms with Crippen LogP contribution in [-0.4, -0.2) is 39.6 Å². The van der Waals surface area contributed by atoms with Gasteiger partial charge in [-0.1, -0.05) is 57.9 Å². The molecule has 0 radical (unpaired) electrons. The molecule has 0 spiro atoms. The minimum atomic E-state index is -4.03. The number of hydrogen-bond acceptors (Lipinski definition) is 6. The number of sulfonamides is 1.